The van der Waals surface area contributed by atoms with Crippen LogP contribution in [0.25, 0.3) is 0 Å². The first-order valence-electron chi connectivity index (χ1n) is 6.75. The quantitative estimate of drug-likeness (QED) is 0.549. The average Bonchev–Trinajstić information content (AvgIpc) is 2.59. The van der Waals surface area contributed by atoms with Gasteiger partial charge in [0.2, 0.25) is 0 Å². The SMILES string of the molecule is CCn1c(C)cc(C(=O)COCCC(C)C)c1C. The summed E-state index contributed by atoms with van der Waals surface area (Å²) in [4.78, 5) is 12.1. The van der Waals surface area contributed by atoms with Gasteiger partial charge in [-0.1, -0.05) is 13.8 Å². The third-order valence-electron chi connectivity index (χ3n) is 3.26. The number of rotatable bonds is 7. The fourth-order valence-corrected chi connectivity index (χ4v) is 2.13. The minimum Gasteiger partial charge on any atom is -0.373 e. The van der Waals surface area contributed by atoms with Crippen LogP contribution in [0.15, 0.2) is 6.07 Å². The molecule has 0 fully saturated rings. The van der Waals surface area contributed by atoms with Crippen LogP contribution in [0.5, 0.6) is 0 Å². The number of carbonyl (C=O) groups excluding carboxylic acids is 1. The van der Waals surface area contributed by atoms with Gasteiger partial charge in [0.1, 0.15) is 6.61 Å². The maximum atomic E-state index is 12.1. The third kappa shape index (κ3) is 3.70. The van der Waals surface area contributed by atoms with Gasteiger partial charge in [-0.2, -0.15) is 0 Å². The number of carbonyl (C=O) groups is 1. The summed E-state index contributed by atoms with van der Waals surface area (Å²) in [5.74, 6) is 0.705. The largest absolute Gasteiger partial charge is 0.373 e. The van der Waals surface area contributed by atoms with Crippen molar-refractivity contribution in [2.75, 3.05) is 13.2 Å². The van der Waals surface area contributed by atoms with Crippen molar-refractivity contribution in [3.05, 3.63) is 23.0 Å². The van der Waals surface area contributed by atoms with Crippen LogP contribution in [0, 0.1) is 19.8 Å². The highest BCUT2D eigenvalue weighted by Gasteiger charge is 2.14. The number of Topliss-reactive ketones (excluding diaryl/α,β-unsaturated/α-hetero) is 1. The summed E-state index contributed by atoms with van der Waals surface area (Å²) in [5.41, 5.74) is 2.99. The highest BCUT2D eigenvalue weighted by atomic mass is 16.5. The molecule has 0 unspecified atom stereocenters. The molecule has 0 bridgehead atoms. The number of ether oxygens (including phenoxy) is 1. The van der Waals surface area contributed by atoms with E-state index in [9.17, 15) is 4.79 Å². The zero-order valence-electron chi connectivity index (χ0n) is 12.2. The van der Waals surface area contributed by atoms with Crippen LogP contribution in [0.4, 0.5) is 0 Å². The van der Waals surface area contributed by atoms with Crippen LogP contribution in [0.1, 0.15) is 48.9 Å². The van der Waals surface area contributed by atoms with E-state index in [1.54, 1.807) is 0 Å². The van der Waals surface area contributed by atoms with E-state index in [1.165, 1.54) is 0 Å². The number of hydrogen-bond donors (Lipinski definition) is 0. The Morgan fingerprint density at radius 2 is 2.06 bits per heavy atom. The predicted molar refractivity (Wildman–Crippen MR) is 74.2 cm³/mol. The van der Waals surface area contributed by atoms with Gasteiger partial charge in [0.25, 0.3) is 0 Å². The topological polar surface area (TPSA) is 31.2 Å². The van der Waals surface area contributed by atoms with E-state index in [2.05, 4.69) is 25.3 Å². The molecule has 1 aromatic heterocycles. The molecule has 0 atom stereocenters. The number of aryl methyl sites for hydroxylation is 1. The highest BCUT2D eigenvalue weighted by molar-refractivity contribution is 5.98. The van der Waals surface area contributed by atoms with Crippen molar-refractivity contribution < 1.29 is 9.53 Å². The van der Waals surface area contributed by atoms with Crippen LogP contribution in [-0.4, -0.2) is 23.6 Å². The van der Waals surface area contributed by atoms with Crippen molar-refractivity contribution in [2.45, 2.75) is 47.6 Å². The van der Waals surface area contributed by atoms with Crippen LogP contribution < -0.4 is 0 Å². The van der Waals surface area contributed by atoms with Crippen LogP contribution >= 0.6 is 0 Å². The molecule has 102 valence electrons. The smallest absolute Gasteiger partial charge is 0.190 e. The molecule has 0 N–H and O–H groups in total. The second-order valence-electron chi connectivity index (χ2n) is 5.19. The van der Waals surface area contributed by atoms with Gasteiger partial charge in [-0.05, 0) is 39.2 Å². The summed E-state index contributed by atoms with van der Waals surface area (Å²) in [6, 6.07) is 1.97. The summed E-state index contributed by atoms with van der Waals surface area (Å²) >= 11 is 0. The van der Waals surface area contributed by atoms with Gasteiger partial charge in [-0.25, -0.2) is 0 Å². The zero-order valence-corrected chi connectivity index (χ0v) is 12.2. The maximum absolute atomic E-state index is 12.1. The molecule has 0 amide bonds. The van der Waals surface area contributed by atoms with Crippen molar-refractivity contribution in [2.24, 2.45) is 5.92 Å². The molecule has 0 aliphatic carbocycles. The van der Waals surface area contributed by atoms with Crippen molar-refractivity contribution in [3.63, 3.8) is 0 Å². The molecule has 0 spiro atoms. The standard InChI is InChI=1S/C15H25NO2/c1-6-16-12(4)9-14(13(16)5)15(17)10-18-8-7-11(2)3/h9,11H,6-8,10H2,1-5H3. The molecule has 18 heavy (non-hydrogen) atoms. The third-order valence-corrected chi connectivity index (χ3v) is 3.26. The van der Waals surface area contributed by atoms with E-state index in [0.29, 0.717) is 12.5 Å². The monoisotopic (exact) mass is 251 g/mol. The van der Waals surface area contributed by atoms with Crippen molar-refractivity contribution in [1.29, 1.82) is 0 Å². The molecule has 1 heterocycles. The lowest BCUT2D eigenvalue weighted by Crippen LogP contribution is -2.12. The zero-order chi connectivity index (χ0) is 13.7. The van der Waals surface area contributed by atoms with Gasteiger partial charge >= 0.3 is 0 Å². The highest BCUT2D eigenvalue weighted by Crippen LogP contribution is 2.15. The Labute approximate surface area is 110 Å². The lowest BCUT2D eigenvalue weighted by atomic mass is 10.1. The van der Waals surface area contributed by atoms with E-state index in [-0.39, 0.29) is 12.4 Å². The summed E-state index contributed by atoms with van der Waals surface area (Å²) in [6.45, 7) is 12.2. The summed E-state index contributed by atoms with van der Waals surface area (Å²) in [5, 5.41) is 0. The first-order valence-corrected chi connectivity index (χ1v) is 6.75. The van der Waals surface area contributed by atoms with E-state index >= 15 is 0 Å². The minimum atomic E-state index is 0.0894. The summed E-state index contributed by atoms with van der Waals surface area (Å²) < 4.78 is 7.59. The van der Waals surface area contributed by atoms with E-state index in [1.807, 2.05) is 19.9 Å². The first kappa shape index (κ1) is 15.0. The normalized spacial score (nSPS) is 11.2. The Hall–Kier alpha value is -1.09. The molecule has 1 rings (SSSR count). The molecule has 0 saturated carbocycles. The molecule has 0 aromatic carbocycles. The van der Waals surface area contributed by atoms with Gasteiger partial charge in [0.05, 0.1) is 0 Å². The Bertz CT molecular complexity index is 405. The Balaban J connectivity index is 2.57. The second kappa shape index (κ2) is 6.74. The van der Waals surface area contributed by atoms with Gasteiger partial charge in [-0.15, -0.1) is 0 Å². The molecule has 1 aromatic rings. The fraction of sp³-hybridized carbons (Fsp3) is 0.667. The number of hydrogen-bond acceptors (Lipinski definition) is 2. The Kier molecular flexibility index (Phi) is 5.60. The Morgan fingerprint density at radius 1 is 1.39 bits per heavy atom. The maximum Gasteiger partial charge on any atom is 0.190 e. The van der Waals surface area contributed by atoms with E-state index < -0.39 is 0 Å². The van der Waals surface area contributed by atoms with Crippen molar-refractivity contribution >= 4 is 5.78 Å². The average molecular weight is 251 g/mol. The molecule has 0 saturated heterocycles. The van der Waals surface area contributed by atoms with Crippen molar-refractivity contribution in [3.8, 4) is 0 Å². The number of aromatic nitrogens is 1. The van der Waals surface area contributed by atoms with Crippen molar-refractivity contribution in [1.82, 2.24) is 4.57 Å². The lowest BCUT2D eigenvalue weighted by molar-refractivity contribution is 0.0739. The Morgan fingerprint density at radius 3 is 2.56 bits per heavy atom. The van der Waals surface area contributed by atoms with Crippen LogP contribution in [-0.2, 0) is 11.3 Å². The number of ketones is 1. The van der Waals surface area contributed by atoms with E-state index in [0.717, 1.165) is 29.9 Å². The summed E-state index contributed by atoms with van der Waals surface area (Å²) in [6.07, 6.45) is 1.00. The molecular weight excluding hydrogens is 226 g/mol. The molecule has 3 heteroatoms. The molecular formula is C15H25NO2. The second-order valence-corrected chi connectivity index (χ2v) is 5.19. The predicted octanol–water partition coefficient (Wildman–Crippen LogP) is 3.37. The molecule has 0 radical (unpaired) electrons. The van der Waals surface area contributed by atoms with E-state index in [4.69, 9.17) is 4.74 Å². The lowest BCUT2D eigenvalue weighted by Gasteiger charge is -2.07. The van der Waals surface area contributed by atoms with Gasteiger partial charge in [0.15, 0.2) is 5.78 Å². The van der Waals surface area contributed by atoms with Crippen LogP contribution in [0.2, 0.25) is 0 Å². The molecule has 0 aliphatic rings. The first-order chi connectivity index (χ1) is 8.47. The van der Waals surface area contributed by atoms with Gasteiger partial charge < -0.3 is 9.30 Å². The van der Waals surface area contributed by atoms with Crippen LogP contribution in [0.3, 0.4) is 0 Å². The molecule has 0 aliphatic heterocycles. The molecule has 3 nitrogen and oxygen atoms in total. The van der Waals surface area contributed by atoms with Gasteiger partial charge in [-0.3, -0.25) is 4.79 Å². The number of nitrogens with zero attached hydrogens (tertiary/aromatic N) is 1. The minimum absolute atomic E-state index is 0.0894. The fourth-order valence-electron chi connectivity index (χ4n) is 2.13. The summed E-state index contributed by atoms with van der Waals surface area (Å²) in [7, 11) is 0. The van der Waals surface area contributed by atoms with Gasteiger partial charge in [0, 0.05) is 30.1 Å².